The minimum absolute atomic E-state index is 0.0338. The van der Waals surface area contributed by atoms with Gasteiger partial charge in [-0.15, -0.1) is 0 Å². The highest BCUT2D eigenvalue weighted by atomic mass is 16.6. The van der Waals surface area contributed by atoms with E-state index in [1.165, 1.54) is 18.4 Å². The van der Waals surface area contributed by atoms with E-state index in [-0.39, 0.29) is 16.9 Å². The van der Waals surface area contributed by atoms with Crippen molar-refractivity contribution >= 4 is 0 Å². The molecule has 0 unspecified atom stereocenters. The molecular formula is C13H21NO2. The van der Waals surface area contributed by atoms with Crippen molar-refractivity contribution in [1.29, 1.82) is 0 Å². The fraction of sp³-hybridized carbons (Fsp3) is 0.692. The van der Waals surface area contributed by atoms with Crippen molar-refractivity contribution in [1.82, 2.24) is 0 Å². The van der Waals surface area contributed by atoms with Crippen molar-refractivity contribution in [3.63, 3.8) is 0 Å². The molecule has 0 N–H and O–H groups in total. The van der Waals surface area contributed by atoms with Crippen LogP contribution in [0.3, 0.4) is 0 Å². The lowest BCUT2D eigenvalue weighted by molar-refractivity contribution is -0.478. The lowest BCUT2D eigenvalue weighted by Gasteiger charge is -2.26. The Balaban J connectivity index is 2.48. The van der Waals surface area contributed by atoms with Crippen LogP contribution in [0.2, 0.25) is 0 Å². The Morgan fingerprint density at radius 1 is 1.62 bits per heavy atom. The molecule has 0 aromatic heterocycles. The molecule has 0 amide bonds. The van der Waals surface area contributed by atoms with E-state index in [1.807, 2.05) is 6.08 Å². The fourth-order valence-corrected chi connectivity index (χ4v) is 2.17. The van der Waals surface area contributed by atoms with Gasteiger partial charge in [0.05, 0.1) is 0 Å². The molecule has 0 bridgehead atoms. The van der Waals surface area contributed by atoms with Gasteiger partial charge >= 0.3 is 0 Å². The number of rotatable bonds is 5. The number of hydrogen-bond donors (Lipinski definition) is 0. The normalized spacial score (nSPS) is 21.4. The first-order chi connectivity index (χ1) is 7.42. The van der Waals surface area contributed by atoms with Crippen LogP contribution in [0.25, 0.3) is 0 Å². The summed E-state index contributed by atoms with van der Waals surface area (Å²) >= 11 is 0. The summed E-state index contributed by atoms with van der Waals surface area (Å²) in [5.41, 5.74) is 1.59. The van der Waals surface area contributed by atoms with Gasteiger partial charge in [0.25, 0.3) is 0 Å². The minimum atomic E-state index is -0.267. The molecule has 1 atom stereocenters. The Hall–Kier alpha value is -1.12. The van der Waals surface area contributed by atoms with Gasteiger partial charge < -0.3 is 0 Å². The summed E-state index contributed by atoms with van der Waals surface area (Å²) in [5.74, 6) is 0.583. The molecule has 0 aromatic carbocycles. The van der Waals surface area contributed by atoms with Gasteiger partial charge in [0.2, 0.25) is 6.54 Å². The maximum atomic E-state index is 10.2. The SMILES string of the molecule is CC1=C[C@H](C(C)(C)/C=C\CC[N+](=O)[O-])CC1. The van der Waals surface area contributed by atoms with Gasteiger partial charge in [-0.2, -0.15) is 0 Å². The van der Waals surface area contributed by atoms with Crippen molar-refractivity contribution in [3.8, 4) is 0 Å². The van der Waals surface area contributed by atoms with E-state index in [1.54, 1.807) is 0 Å². The Labute approximate surface area is 97.4 Å². The third kappa shape index (κ3) is 3.80. The smallest absolute Gasteiger partial charge is 0.207 e. The minimum Gasteiger partial charge on any atom is -0.265 e. The van der Waals surface area contributed by atoms with Gasteiger partial charge in [0, 0.05) is 11.3 Å². The quantitative estimate of drug-likeness (QED) is 0.406. The first kappa shape index (κ1) is 12.9. The van der Waals surface area contributed by atoms with Gasteiger partial charge in [-0.3, -0.25) is 10.1 Å². The van der Waals surface area contributed by atoms with Gasteiger partial charge in [0.15, 0.2) is 0 Å². The molecule has 0 saturated heterocycles. The molecular weight excluding hydrogens is 202 g/mol. The molecule has 0 radical (unpaired) electrons. The number of nitro groups is 1. The predicted molar refractivity (Wildman–Crippen MR) is 65.9 cm³/mol. The van der Waals surface area contributed by atoms with Crippen molar-refractivity contribution in [2.75, 3.05) is 6.54 Å². The Morgan fingerprint density at radius 2 is 2.31 bits per heavy atom. The Kier molecular flexibility index (Phi) is 4.27. The van der Waals surface area contributed by atoms with Crippen LogP contribution >= 0.6 is 0 Å². The van der Waals surface area contributed by atoms with E-state index in [0.717, 1.165) is 0 Å². The average molecular weight is 223 g/mol. The standard InChI is InChI=1S/C13H21NO2/c1-11-6-7-12(10-11)13(2,3)8-4-5-9-14(15)16/h4,8,10,12H,5-7,9H2,1-3H3/b8-4-/t12-/m1/s1. The topological polar surface area (TPSA) is 43.1 Å². The van der Waals surface area contributed by atoms with Crippen LogP contribution in [0.5, 0.6) is 0 Å². The van der Waals surface area contributed by atoms with Crippen molar-refractivity contribution in [3.05, 3.63) is 33.9 Å². The zero-order chi connectivity index (χ0) is 12.2. The summed E-state index contributed by atoms with van der Waals surface area (Å²) in [6, 6.07) is 0. The maximum absolute atomic E-state index is 10.2. The van der Waals surface area contributed by atoms with E-state index in [4.69, 9.17) is 0 Å². The molecule has 1 aliphatic carbocycles. The Morgan fingerprint density at radius 3 is 2.81 bits per heavy atom. The largest absolute Gasteiger partial charge is 0.265 e. The summed E-state index contributed by atoms with van der Waals surface area (Å²) in [6.07, 6.45) is 9.36. The fourth-order valence-electron chi connectivity index (χ4n) is 2.17. The zero-order valence-electron chi connectivity index (χ0n) is 10.4. The lowest BCUT2D eigenvalue weighted by Crippen LogP contribution is -2.18. The second-order valence-electron chi connectivity index (χ2n) is 5.23. The summed E-state index contributed by atoms with van der Waals surface area (Å²) in [5, 5.41) is 10.2. The monoisotopic (exact) mass is 223 g/mol. The molecule has 0 aromatic rings. The van der Waals surface area contributed by atoms with Crippen LogP contribution in [0.4, 0.5) is 0 Å². The molecule has 3 nitrogen and oxygen atoms in total. The molecule has 1 rings (SSSR count). The van der Waals surface area contributed by atoms with E-state index in [0.29, 0.717) is 12.3 Å². The van der Waals surface area contributed by atoms with Crippen LogP contribution in [0.1, 0.15) is 40.0 Å². The predicted octanol–water partition coefficient (Wildman–Crippen LogP) is 3.59. The average Bonchev–Trinajstić information content (AvgIpc) is 2.60. The third-order valence-electron chi connectivity index (χ3n) is 3.32. The number of nitrogens with zero attached hydrogens (tertiary/aromatic N) is 1. The third-order valence-corrected chi connectivity index (χ3v) is 3.32. The first-order valence-electron chi connectivity index (χ1n) is 5.88. The molecule has 0 heterocycles. The molecule has 90 valence electrons. The highest BCUT2D eigenvalue weighted by molar-refractivity contribution is 5.14. The summed E-state index contributed by atoms with van der Waals surface area (Å²) < 4.78 is 0. The molecule has 3 heteroatoms. The maximum Gasteiger partial charge on any atom is 0.207 e. The van der Waals surface area contributed by atoms with Crippen molar-refractivity contribution < 1.29 is 4.92 Å². The van der Waals surface area contributed by atoms with Crippen LogP contribution in [0.15, 0.2) is 23.8 Å². The molecule has 16 heavy (non-hydrogen) atoms. The summed E-state index contributed by atoms with van der Waals surface area (Å²) in [6.45, 7) is 6.61. The van der Waals surface area contributed by atoms with Crippen LogP contribution in [-0.4, -0.2) is 11.5 Å². The summed E-state index contributed by atoms with van der Waals surface area (Å²) in [4.78, 5) is 9.92. The number of hydrogen-bond acceptors (Lipinski definition) is 2. The summed E-state index contributed by atoms with van der Waals surface area (Å²) in [7, 11) is 0. The highest BCUT2D eigenvalue weighted by Gasteiger charge is 2.27. The van der Waals surface area contributed by atoms with E-state index < -0.39 is 0 Å². The van der Waals surface area contributed by atoms with Gasteiger partial charge in [-0.25, -0.2) is 0 Å². The first-order valence-corrected chi connectivity index (χ1v) is 5.88. The van der Waals surface area contributed by atoms with Crippen molar-refractivity contribution in [2.24, 2.45) is 11.3 Å². The second-order valence-corrected chi connectivity index (χ2v) is 5.23. The van der Waals surface area contributed by atoms with Gasteiger partial charge in [0.1, 0.15) is 0 Å². The molecule has 1 aliphatic rings. The van der Waals surface area contributed by atoms with Crippen LogP contribution in [-0.2, 0) is 0 Å². The molecule has 0 fully saturated rings. The van der Waals surface area contributed by atoms with E-state index >= 15 is 0 Å². The highest BCUT2D eigenvalue weighted by Crippen LogP contribution is 2.38. The zero-order valence-corrected chi connectivity index (χ0v) is 10.4. The molecule has 0 aliphatic heterocycles. The van der Waals surface area contributed by atoms with Crippen molar-refractivity contribution in [2.45, 2.75) is 40.0 Å². The van der Waals surface area contributed by atoms with Crippen LogP contribution < -0.4 is 0 Å². The molecule has 0 saturated carbocycles. The lowest BCUT2D eigenvalue weighted by atomic mass is 9.78. The van der Waals surface area contributed by atoms with Crippen LogP contribution in [0, 0.1) is 21.4 Å². The number of allylic oxidation sites excluding steroid dienone is 3. The van der Waals surface area contributed by atoms with E-state index in [9.17, 15) is 10.1 Å². The van der Waals surface area contributed by atoms with Gasteiger partial charge in [-0.1, -0.05) is 37.6 Å². The Bertz CT molecular complexity index is 316. The van der Waals surface area contributed by atoms with Gasteiger partial charge in [-0.05, 0) is 31.1 Å². The van der Waals surface area contributed by atoms with E-state index in [2.05, 4.69) is 32.9 Å². The molecule has 0 spiro atoms. The second kappa shape index (κ2) is 5.28.